The zero-order valence-corrected chi connectivity index (χ0v) is 22.2. The SMILES string of the molecule is CCn1c(=C(C#N)C2=N[C@@H](C(C)(C)C)CO2)sc(=CNc2cccc(NC(=O)C(C)(C)C)c2)c1=O. The van der Waals surface area contributed by atoms with Crippen molar-refractivity contribution in [2.45, 2.75) is 61.1 Å². The molecule has 0 bridgehead atoms. The number of anilines is 2. The standard InChI is InChI=1S/C26H33N5O3S/c1-8-31-22(32)19(14-28-16-10-9-11-17(12-16)29-24(33)26(5,6)7)35-23(31)18(13-27)21-30-20(15-34-21)25(2,3)4/h9-12,14,20,28H,8,15H2,1-7H3,(H,29,33)/t20-/m1/s1. The Balaban J connectivity index is 1.98. The third-order valence-electron chi connectivity index (χ3n) is 5.59. The van der Waals surface area contributed by atoms with Gasteiger partial charge in [0, 0.05) is 29.5 Å². The van der Waals surface area contributed by atoms with Crippen molar-refractivity contribution in [1.82, 2.24) is 4.57 Å². The van der Waals surface area contributed by atoms with Crippen molar-refractivity contribution >= 4 is 46.3 Å². The molecule has 2 aromatic rings. The second-order valence-electron chi connectivity index (χ2n) is 10.5. The van der Waals surface area contributed by atoms with Crippen LogP contribution in [0.1, 0.15) is 48.5 Å². The lowest BCUT2D eigenvalue weighted by molar-refractivity contribution is -0.123. The Bertz CT molecular complexity index is 1360. The van der Waals surface area contributed by atoms with Gasteiger partial charge in [0.05, 0.1) is 6.04 Å². The van der Waals surface area contributed by atoms with E-state index in [-0.39, 0.29) is 34.4 Å². The van der Waals surface area contributed by atoms with E-state index in [0.717, 1.165) is 5.69 Å². The summed E-state index contributed by atoms with van der Waals surface area (Å²) in [5.74, 6) is 0.204. The molecule has 1 aliphatic rings. The zero-order valence-electron chi connectivity index (χ0n) is 21.4. The van der Waals surface area contributed by atoms with Crippen LogP contribution in [-0.2, 0) is 16.1 Å². The minimum Gasteiger partial charge on any atom is -0.475 e. The van der Waals surface area contributed by atoms with Crippen molar-refractivity contribution in [3.05, 3.63) is 43.8 Å². The monoisotopic (exact) mass is 495 g/mol. The summed E-state index contributed by atoms with van der Waals surface area (Å²) in [6, 6.07) is 9.41. The van der Waals surface area contributed by atoms with Crippen LogP contribution < -0.4 is 25.4 Å². The van der Waals surface area contributed by atoms with E-state index in [4.69, 9.17) is 4.74 Å². The van der Waals surface area contributed by atoms with E-state index in [1.54, 1.807) is 16.8 Å². The van der Waals surface area contributed by atoms with Crippen LogP contribution in [0, 0.1) is 22.2 Å². The molecule has 186 valence electrons. The van der Waals surface area contributed by atoms with Crippen molar-refractivity contribution < 1.29 is 9.53 Å². The van der Waals surface area contributed by atoms with Crippen molar-refractivity contribution in [3.8, 4) is 6.07 Å². The number of thiazole rings is 1. The van der Waals surface area contributed by atoms with Crippen LogP contribution in [0.2, 0.25) is 0 Å². The number of benzene rings is 1. The minimum atomic E-state index is -0.511. The van der Waals surface area contributed by atoms with Crippen LogP contribution in [-0.4, -0.2) is 29.0 Å². The van der Waals surface area contributed by atoms with Crippen LogP contribution in [0.3, 0.4) is 0 Å². The van der Waals surface area contributed by atoms with E-state index in [0.29, 0.717) is 28.0 Å². The number of aromatic nitrogens is 1. The molecule has 0 saturated carbocycles. The highest BCUT2D eigenvalue weighted by molar-refractivity contribution is 7.07. The molecule has 8 nitrogen and oxygen atoms in total. The molecule has 3 rings (SSSR count). The number of nitrogens with zero attached hydrogens (tertiary/aromatic N) is 3. The molecule has 0 radical (unpaired) electrons. The number of nitriles is 1. The summed E-state index contributed by atoms with van der Waals surface area (Å²) >= 11 is 1.22. The molecule has 0 fully saturated rings. The number of nitrogens with one attached hydrogen (secondary N) is 2. The Morgan fingerprint density at radius 2 is 1.97 bits per heavy atom. The van der Waals surface area contributed by atoms with Gasteiger partial charge in [-0.2, -0.15) is 5.26 Å². The summed E-state index contributed by atoms with van der Waals surface area (Å²) in [5, 5.41) is 15.9. The molecule has 1 aromatic heterocycles. The number of amides is 1. The van der Waals surface area contributed by atoms with E-state index in [1.807, 2.05) is 45.9 Å². The normalized spacial score (nSPS) is 17.4. The van der Waals surface area contributed by atoms with Gasteiger partial charge in [-0.1, -0.05) is 47.6 Å². The van der Waals surface area contributed by atoms with Crippen LogP contribution >= 0.6 is 11.3 Å². The third kappa shape index (κ3) is 6.01. The predicted octanol–water partition coefficient (Wildman–Crippen LogP) is 3.28. The van der Waals surface area contributed by atoms with E-state index < -0.39 is 5.41 Å². The molecule has 1 aliphatic heterocycles. The minimum absolute atomic E-state index is 0.0543. The summed E-state index contributed by atoms with van der Waals surface area (Å²) < 4.78 is 8.30. The largest absolute Gasteiger partial charge is 0.475 e. The number of carbonyl (C=O) groups is 1. The highest BCUT2D eigenvalue weighted by Crippen LogP contribution is 2.27. The van der Waals surface area contributed by atoms with Crippen molar-refractivity contribution in [2.24, 2.45) is 15.8 Å². The Morgan fingerprint density at radius 1 is 1.29 bits per heavy atom. The van der Waals surface area contributed by atoms with E-state index in [2.05, 4.69) is 42.5 Å². The molecule has 2 N–H and O–H groups in total. The first-order valence-corrected chi connectivity index (χ1v) is 12.4. The second-order valence-corrected chi connectivity index (χ2v) is 11.5. The maximum Gasteiger partial charge on any atom is 0.270 e. The maximum absolute atomic E-state index is 13.1. The smallest absolute Gasteiger partial charge is 0.270 e. The third-order valence-corrected chi connectivity index (χ3v) is 6.72. The fourth-order valence-corrected chi connectivity index (χ4v) is 4.37. The maximum atomic E-state index is 13.1. The molecule has 35 heavy (non-hydrogen) atoms. The van der Waals surface area contributed by atoms with Gasteiger partial charge in [0.15, 0.2) is 0 Å². The summed E-state index contributed by atoms with van der Waals surface area (Å²) in [4.78, 5) is 30.0. The summed E-state index contributed by atoms with van der Waals surface area (Å²) in [6.07, 6.45) is 1.62. The Labute approximate surface area is 209 Å². The lowest BCUT2D eigenvalue weighted by atomic mass is 9.88. The number of hydrogen-bond acceptors (Lipinski definition) is 7. The topological polar surface area (TPSA) is 109 Å². The van der Waals surface area contributed by atoms with Gasteiger partial charge in [-0.3, -0.25) is 14.2 Å². The van der Waals surface area contributed by atoms with Crippen molar-refractivity contribution in [2.75, 3.05) is 17.2 Å². The number of hydrogen-bond donors (Lipinski definition) is 2. The molecule has 0 unspecified atom stereocenters. The Kier molecular flexibility index (Phi) is 7.56. The van der Waals surface area contributed by atoms with E-state index in [9.17, 15) is 14.9 Å². The molecular formula is C26H33N5O3S. The quantitative estimate of drug-likeness (QED) is 0.662. The first kappa shape index (κ1) is 26.2. The average Bonchev–Trinajstić information content (AvgIpc) is 3.38. The van der Waals surface area contributed by atoms with Crippen molar-refractivity contribution in [3.63, 3.8) is 0 Å². The molecule has 0 aliphatic carbocycles. The summed E-state index contributed by atoms with van der Waals surface area (Å²) in [7, 11) is 0. The molecule has 1 aromatic carbocycles. The van der Waals surface area contributed by atoms with Crippen molar-refractivity contribution in [1.29, 1.82) is 5.26 Å². The highest BCUT2D eigenvalue weighted by atomic mass is 32.1. The van der Waals surface area contributed by atoms with Crippen LogP contribution in [0.25, 0.3) is 11.8 Å². The highest BCUT2D eigenvalue weighted by Gasteiger charge is 2.32. The fraction of sp³-hybridized carbons (Fsp3) is 0.462. The molecule has 1 amide bonds. The molecule has 2 heterocycles. The van der Waals surface area contributed by atoms with Crippen LogP contribution in [0.5, 0.6) is 0 Å². The molecule has 0 saturated heterocycles. The average molecular weight is 496 g/mol. The summed E-state index contributed by atoms with van der Waals surface area (Å²) in [6.45, 7) is 14.5. The molecule has 1 atom stereocenters. The van der Waals surface area contributed by atoms with Gasteiger partial charge in [0.1, 0.15) is 27.4 Å². The van der Waals surface area contributed by atoms with Gasteiger partial charge in [0.2, 0.25) is 11.8 Å². The number of rotatable bonds is 5. The lowest BCUT2D eigenvalue weighted by Gasteiger charge is -2.21. The van der Waals surface area contributed by atoms with Crippen LogP contribution in [0.15, 0.2) is 34.1 Å². The first-order valence-electron chi connectivity index (χ1n) is 11.6. The number of aliphatic imine (C=N–C) groups is 1. The lowest BCUT2D eigenvalue weighted by Crippen LogP contribution is -2.32. The Hall–Kier alpha value is -3.38. The summed E-state index contributed by atoms with van der Waals surface area (Å²) in [5.41, 5.74) is 0.847. The van der Waals surface area contributed by atoms with Gasteiger partial charge in [-0.25, -0.2) is 4.99 Å². The zero-order chi connectivity index (χ0) is 26.0. The van der Waals surface area contributed by atoms with Gasteiger partial charge < -0.3 is 15.4 Å². The predicted molar refractivity (Wildman–Crippen MR) is 142 cm³/mol. The fourth-order valence-electron chi connectivity index (χ4n) is 3.29. The van der Waals surface area contributed by atoms with E-state index >= 15 is 0 Å². The van der Waals surface area contributed by atoms with Gasteiger partial charge in [-0.05, 0) is 30.5 Å². The molecule has 0 spiro atoms. The molecule has 9 heteroatoms. The van der Waals surface area contributed by atoms with Crippen LogP contribution in [0.4, 0.5) is 11.4 Å². The second kappa shape index (κ2) is 10.1. The van der Waals surface area contributed by atoms with Gasteiger partial charge in [0.25, 0.3) is 5.56 Å². The number of carbonyl (C=O) groups excluding carboxylic acids is 1. The van der Waals surface area contributed by atoms with Gasteiger partial charge in [-0.15, -0.1) is 11.3 Å². The first-order chi connectivity index (χ1) is 16.3. The van der Waals surface area contributed by atoms with Gasteiger partial charge >= 0.3 is 0 Å². The number of ether oxygens (including phenoxy) is 1. The molecular weight excluding hydrogens is 462 g/mol. The van der Waals surface area contributed by atoms with E-state index in [1.165, 1.54) is 11.3 Å². The Morgan fingerprint density at radius 3 is 2.54 bits per heavy atom.